The molecular weight excluding hydrogens is 211 g/mol. The Bertz CT molecular complexity index is 216. The monoisotopic (exact) mass is 242 g/mol. The highest BCUT2D eigenvalue weighted by molar-refractivity contribution is 6.54. The maximum atomic E-state index is 5.83. The van der Waals surface area contributed by atoms with Gasteiger partial charge in [0.2, 0.25) is 0 Å². The van der Waals surface area contributed by atoms with E-state index >= 15 is 0 Å². The molecule has 1 saturated heterocycles. The second-order valence-corrected chi connectivity index (χ2v) is 4.62. The predicted octanol–water partition coefficient (Wildman–Crippen LogP) is 4.64. The van der Waals surface area contributed by atoms with E-state index in [1.54, 1.807) is 0 Å². The molecule has 0 N–H and O–H groups in total. The minimum absolute atomic E-state index is 0.171. The zero-order valence-corrected chi connectivity index (χ0v) is 13.5. The molecule has 1 aliphatic rings. The molecule has 0 atom stereocenters. The smallest absolute Gasteiger partial charge is 0.400 e. The Balaban J connectivity index is 0. The van der Waals surface area contributed by atoms with Gasteiger partial charge in [-0.3, -0.25) is 0 Å². The lowest BCUT2D eigenvalue weighted by atomic mass is 9.79. The van der Waals surface area contributed by atoms with Crippen molar-refractivity contribution in [3.63, 3.8) is 0 Å². The highest BCUT2D eigenvalue weighted by atomic mass is 16.7. The first-order valence-electron chi connectivity index (χ1n) is 6.78. The summed E-state index contributed by atoms with van der Waals surface area (Å²) in [5.74, 6) is 0. The average molecular weight is 242 g/mol. The minimum atomic E-state index is -0.220. The molecule has 0 spiro atoms. The molecule has 0 aromatic rings. The molecule has 0 aliphatic carbocycles. The predicted molar refractivity (Wildman–Crippen MR) is 78.2 cm³/mol. The summed E-state index contributed by atoms with van der Waals surface area (Å²) in [6.45, 7) is 20.3. The van der Waals surface area contributed by atoms with Crippen LogP contribution in [0.25, 0.3) is 0 Å². The molecule has 1 heterocycles. The third-order valence-electron chi connectivity index (χ3n) is 3.08. The summed E-state index contributed by atoms with van der Waals surface area (Å²) in [6, 6.07) is 0. The van der Waals surface area contributed by atoms with Gasteiger partial charge >= 0.3 is 7.12 Å². The maximum Gasteiger partial charge on any atom is 0.489 e. The topological polar surface area (TPSA) is 18.5 Å². The van der Waals surface area contributed by atoms with E-state index in [1.807, 2.05) is 47.6 Å². The van der Waals surface area contributed by atoms with Gasteiger partial charge < -0.3 is 9.31 Å². The minimum Gasteiger partial charge on any atom is -0.400 e. The Morgan fingerprint density at radius 2 is 1.18 bits per heavy atom. The van der Waals surface area contributed by atoms with Crippen LogP contribution in [0.4, 0.5) is 0 Å². The maximum absolute atomic E-state index is 5.83. The molecule has 17 heavy (non-hydrogen) atoms. The van der Waals surface area contributed by atoms with Crippen molar-refractivity contribution < 1.29 is 9.31 Å². The van der Waals surface area contributed by atoms with Gasteiger partial charge in [-0.15, -0.1) is 0 Å². The Hall–Kier alpha value is -0.275. The molecule has 0 aromatic heterocycles. The van der Waals surface area contributed by atoms with E-state index in [0.29, 0.717) is 0 Å². The van der Waals surface area contributed by atoms with E-state index in [1.165, 1.54) is 0 Å². The fourth-order valence-corrected chi connectivity index (χ4v) is 1.17. The van der Waals surface area contributed by atoms with Gasteiger partial charge in [-0.2, -0.15) is 0 Å². The third kappa shape index (κ3) is 4.85. The van der Waals surface area contributed by atoms with Gasteiger partial charge in [0.15, 0.2) is 0 Å². The summed E-state index contributed by atoms with van der Waals surface area (Å²) in [7, 11) is -0.171. The lowest BCUT2D eigenvalue weighted by Gasteiger charge is -2.32. The zero-order chi connectivity index (χ0) is 14.3. The summed E-state index contributed by atoms with van der Waals surface area (Å²) in [5.41, 5.74) is 0.697. The van der Waals surface area contributed by atoms with Crippen LogP contribution < -0.4 is 0 Å². The van der Waals surface area contributed by atoms with Crippen LogP contribution in [-0.2, 0) is 9.31 Å². The van der Waals surface area contributed by atoms with Crippen molar-refractivity contribution in [2.24, 2.45) is 0 Å². The normalized spacial score (nSPS) is 21.1. The highest BCUT2D eigenvalue weighted by Gasteiger charge is 2.51. The Morgan fingerprint density at radius 3 is 1.41 bits per heavy atom. The van der Waals surface area contributed by atoms with Gasteiger partial charge in [-0.1, -0.05) is 33.8 Å². The summed E-state index contributed by atoms with van der Waals surface area (Å²) < 4.78 is 11.7. The number of hydrogen-bond donors (Lipinski definition) is 0. The second-order valence-electron chi connectivity index (χ2n) is 4.62. The molecule has 0 aromatic carbocycles. The SMILES string of the molecule is C/C=C(\C)B1OC(C)(C)C(C)(C)O1.CC.CC. The van der Waals surface area contributed by atoms with Crippen molar-refractivity contribution in [2.45, 2.75) is 80.4 Å². The highest BCUT2D eigenvalue weighted by Crippen LogP contribution is 2.38. The van der Waals surface area contributed by atoms with E-state index in [9.17, 15) is 0 Å². The molecule has 0 saturated carbocycles. The van der Waals surface area contributed by atoms with Crippen molar-refractivity contribution in [1.29, 1.82) is 0 Å². The first-order chi connectivity index (χ1) is 7.80. The molecule has 0 amide bonds. The molecule has 102 valence electrons. The van der Waals surface area contributed by atoms with Crippen LogP contribution in [0.3, 0.4) is 0 Å². The molecular formula is C14H31BO2. The fourth-order valence-electron chi connectivity index (χ4n) is 1.17. The Kier molecular flexibility index (Phi) is 8.91. The standard InChI is InChI=1S/C10H19BO2.2C2H6/c1-7-8(2)11-12-9(3,4)10(5,6)13-11;2*1-2/h7H,1-6H3;2*1-2H3/b8-7+;;. The molecule has 0 radical (unpaired) electrons. The van der Waals surface area contributed by atoms with Gasteiger partial charge in [-0.25, -0.2) is 0 Å². The van der Waals surface area contributed by atoms with Crippen LogP contribution >= 0.6 is 0 Å². The van der Waals surface area contributed by atoms with E-state index in [0.717, 1.165) is 5.47 Å². The molecule has 1 rings (SSSR count). The molecule has 0 bridgehead atoms. The number of allylic oxidation sites excluding steroid dienone is 2. The Labute approximate surface area is 109 Å². The fraction of sp³-hybridized carbons (Fsp3) is 0.857. The van der Waals surface area contributed by atoms with Crippen molar-refractivity contribution in [3.05, 3.63) is 11.5 Å². The zero-order valence-electron chi connectivity index (χ0n) is 13.5. The number of hydrogen-bond acceptors (Lipinski definition) is 2. The number of rotatable bonds is 1. The third-order valence-corrected chi connectivity index (χ3v) is 3.08. The Morgan fingerprint density at radius 1 is 0.882 bits per heavy atom. The van der Waals surface area contributed by atoms with Crippen LogP contribution in [0.2, 0.25) is 0 Å². The molecule has 1 fully saturated rings. The summed E-state index contributed by atoms with van der Waals surface area (Å²) in [6.07, 6.45) is 2.03. The summed E-state index contributed by atoms with van der Waals surface area (Å²) in [4.78, 5) is 0. The lowest BCUT2D eigenvalue weighted by Crippen LogP contribution is -2.41. The van der Waals surface area contributed by atoms with Crippen LogP contribution in [0.5, 0.6) is 0 Å². The molecule has 0 unspecified atom stereocenters. The first kappa shape index (κ1) is 19.1. The van der Waals surface area contributed by atoms with Crippen molar-refractivity contribution >= 4 is 7.12 Å². The van der Waals surface area contributed by atoms with Crippen molar-refractivity contribution in [2.75, 3.05) is 0 Å². The molecule has 2 nitrogen and oxygen atoms in total. The summed E-state index contributed by atoms with van der Waals surface area (Å²) >= 11 is 0. The first-order valence-corrected chi connectivity index (χ1v) is 6.78. The van der Waals surface area contributed by atoms with Crippen LogP contribution in [0, 0.1) is 0 Å². The van der Waals surface area contributed by atoms with Crippen LogP contribution in [-0.4, -0.2) is 18.3 Å². The van der Waals surface area contributed by atoms with E-state index in [-0.39, 0.29) is 18.3 Å². The van der Waals surface area contributed by atoms with E-state index in [4.69, 9.17) is 9.31 Å². The van der Waals surface area contributed by atoms with Gasteiger partial charge in [0.05, 0.1) is 11.2 Å². The molecule has 3 heteroatoms. The molecule has 1 aliphatic heterocycles. The van der Waals surface area contributed by atoms with Crippen molar-refractivity contribution in [1.82, 2.24) is 0 Å². The van der Waals surface area contributed by atoms with Crippen molar-refractivity contribution in [3.8, 4) is 0 Å². The van der Waals surface area contributed by atoms with Gasteiger partial charge in [0, 0.05) is 0 Å². The quantitative estimate of drug-likeness (QED) is 0.624. The average Bonchev–Trinajstić information content (AvgIpc) is 2.53. The van der Waals surface area contributed by atoms with Crippen LogP contribution in [0.15, 0.2) is 11.5 Å². The van der Waals surface area contributed by atoms with E-state index < -0.39 is 0 Å². The van der Waals surface area contributed by atoms with Gasteiger partial charge in [0.25, 0.3) is 0 Å². The largest absolute Gasteiger partial charge is 0.489 e. The second kappa shape index (κ2) is 7.94. The van der Waals surface area contributed by atoms with Gasteiger partial charge in [0.1, 0.15) is 0 Å². The van der Waals surface area contributed by atoms with E-state index in [2.05, 4.69) is 27.7 Å². The van der Waals surface area contributed by atoms with Crippen LogP contribution in [0.1, 0.15) is 69.2 Å². The van der Waals surface area contributed by atoms with Gasteiger partial charge in [-0.05, 0) is 47.0 Å². The lowest BCUT2D eigenvalue weighted by molar-refractivity contribution is 0.00578. The summed E-state index contributed by atoms with van der Waals surface area (Å²) in [5, 5.41) is 0.